The zero-order valence-electron chi connectivity index (χ0n) is 38.0. The minimum absolute atomic E-state index is 0.0592. The van der Waals surface area contributed by atoms with Crippen LogP contribution >= 0.6 is 23.5 Å². The van der Waals surface area contributed by atoms with Crippen molar-refractivity contribution < 1.29 is 38.9 Å². The molecule has 2 fully saturated rings. The SMILES string of the molecule is COc1ccc2nccc(NC(=O)[C@@H]3CC[C@@H](NCc4cc5c(nn4)SCC(=O)N5)[C@H](O)C3)c2n1.COc1ccc2nccc(NC(=O)[C@H]3CC[C@H](NCc4cc5c(nn4)SCC(=O)N5)[C@@H](O)C3)c2n1. The highest BCUT2D eigenvalue weighted by atomic mass is 32.2. The summed E-state index contributed by atoms with van der Waals surface area (Å²) in [5.41, 5.74) is 6.20. The highest BCUT2D eigenvalue weighted by Crippen LogP contribution is 2.33. The van der Waals surface area contributed by atoms with E-state index in [4.69, 9.17) is 9.47 Å². The summed E-state index contributed by atoms with van der Waals surface area (Å²) in [5, 5.41) is 57.7. The third-order valence-electron chi connectivity index (χ3n) is 12.4. The van der Waals surface area contributed by atoms with Gasteiger partial charge in [0.15, 0.2) is 0 Å². The maximum Gasteiger partial charge on any atom is 0.234 e. The Bertz CT molecular complexity index is 2740. The van der Waals surface area contributed by atoms with E-state index in [1.807, 2.05) is 0 Å². The molecule has 4 amide bonds. The highest BCUT2D eigenvalue weighted by molar-refractivity contribution is 8.00. The Labute approximate surface area is 409 Å². The summed E-state index contributed by atoms with van der Waals surface area (Å²) in [5.74, 6) is 0.462. The number of thioether (sulfide) groups is 2. The second-order valence-corrected chi connectivity index (χ2v) is 19.0. The normalized spacial score (nSPS) is 21.8. The van der Waals surface area contributed by atoms with E-state index >= 15 is 0 Å². The third kappa shape index (κ3) is 11.5. The molecule has 364 valence electrons. The quantitative estimate of drug-likeness (QED) is 0.0871. The molecule has 0 radical (unpaired) electrons. The van der Waals surface area contributed by atoms with Crippen LogP contribution in [0.15, 0.2) is 71.0 Å². The van der Waals surface area contributed by atoms with E-state index in [1.165, 1.54) is 37.7 Å². The number of hydrogen-bond donors (Lipinski definition) is 8. The molecular formula is C46H50N14O8S2. The first-order valence-electron chi connectivity index (χ1n) is 22.6. The maximum atomic E-state index is 13.0. The predicted molar refractivity (Wildman–Crippen MR) is 260 cm³/mol. The van der Waals surface area contributed by atoms with Gasteiger partial charge in [-0.2, -0.15) is 10.2 Å². The fourth-order valence-electron chi connectivity index (χ4n) is 8.68. The van der Waals surface area contributed by atoms with Gasteiger partial charge in [0.2, 0.25) is 35.4 Å². The van der Waals surface area contributed by atoms with Gasteiger partial charge in [-0.05, 0) is 74.9 Å². The van der Waals surface area contributed by atoms with E-state index in [1.54, 1.807) is 60.9 Å². The molecule has 0 saturated heterocycles. The molecule has 6 aromatic heterocycles. The Morgan fingerprint density at radius 1 is 0.643 bits per heavy atom. The lowest BCUT2D eigenvalue weighted by Crippen LogP contribution is -2.46. The van der Waals surface area contributed by atoms with Crippen molar-refractivity contribution in [1.82, 2.24) is 51.0 Å². The van der Waals surface area contributed by atoms with Gasteiger partial charge in [-0.15, -0.1) is 10.2 Å². The van der Waals surface area contributed by atoms with Gasteiger partial charge in [0, 0.05) is 61.5 Å². The number of fused-ring (bicyclic) bond motifs is 4. The first-order chi connectivity index (χ1) is 34.0. The number of carbonyl (C=O) groups is 4. The van der Waals surface area contributed by atoms with Crippen molar-refractivity contribution in [3.8, 4) is 11.8 Å². The summed E-state index contributed by atoms with van der Waals surface area (Å²) in [6.45, 7) is 0.797. The second-order valence-electron chi connectivity index (χ2n) is 17.1. The van der Waals surface area contributed by atoms with Gasteiger partial charge >= 0.3 is 0 Å². The molecule has 8 N–H and O–H groups in total. The standard InChI is InChI=1S/2C23H25N7O4S/c2*1-34-20-5-4-15-21(28-20)16(6-7-24-15)27-22(33)12-2-3-14(18(31)8-12)25-10-13-9-17-23(30-29-13)35-11-19(32)26-17/h2*4-7,9,12,14,18,25,31H,2-3,8,10-11H2,1H3,(H,26,32)(H,24,27,33)/t2*12-,14-,18-/m10/s1. The largest absolute Gasteiger partial charge is 0.481 e. The highest BCUT2D eigenvalue weighted by Gasteiger charge is 2.35. The molecule has 4 aliphatic rings. The minimum atomic E-state index is -0.687. The maximum absolute atomic E-state index is 13.0. The first kappa shape index (κ1) is 48.3. The number of aliphatic hydroxyl groups excluding tert-OH is 2. The van der Waals surface area contributed by atoms with Crippen LogP contribution < -0.4 is 41.4 Å². The molecule has 0 unspecified atom stereocenters. The Hall–Kier alpha value is -6.70. The topological polar surface area (TPSA) is 302 Å². The van der Waals surface area contributed by atoms with Crippen LogP contribution in [0.25, 0.3) is 22.1 Å². The lowest BCUT2D eigenvalue weighted by molar-refractivity contribution is -0.123. The Morgan fingerprint density at radius 2 is 1.09 bits per heavy atom. The van der Waals surface area contributed by atoms with Crippen LogP contribution in [0.2, 0.25) is 0 Å². The number of anilines is 4. The molecule has 22 nitrogen and oxygen atoms in total. The van der Waals surface area contributed by atoms with Crippen molar-refractivity contribution in [2.75, 3.05) is 47.0 Å². The monoisotopic (exact) mass is 990 g/mol. The van der Waals surface area contributed by atoms with E-state index in [0.717, 1.165) is 0 Å². The Morgan fingerprint density at radius 3 is 1.50 bits per heavy atom. The molecule has 2 saturated carbocycles. The fraction of sp³-hybridized carbons (Fsp3) is 0.391. The van der Waals surface area contributed by atoms with Crippen LogP contribution in [-0.4, -0.2) is 124 Å². The lowest BCUT2D eigenvalue weighted by Gasteiger charge is -2.33. The average Bonchev–Trinajstić information content (AvgIpc) is 3.37. The molecule has 2 aliphatic carbocycles. The summed E-state index contributed by atoms with van der Waals surface area (Å²) in [7, 11) is 3.07. The van der Waals surface area contributed by atoms with Crippen molar-refractivity contribution in [3.05, 3.63) is 72.3 Å². The number of pyridine rings is 4. The van der Waals surface area contributed by atoms with E-state index in [-0.39, 0.29) is 47.5 Å². The number of nitrogens with one attached hydrogen (secondary N) is 6. The fourth-order valence-corrected chi connectivity index (χ4v) is 10.1. The number of rotatable bonds is 12. The third-order valence-corrected chi connectivity index (χ3v) is 14.3. The number of aromatic nitrogens is 8. The molecule has 0 bridgehead atoms. The van der Waals surface area contributed by atoms with Crippen LogP contribution in [0.5, 0.6) is 11.8 Å². The average molecular weight is 991 g/mol. The van der Waals surface area contributed by atoms with Crippen molar-refractivity contribution >= 4 is 92.0 Å². The van der Waals surface area contributed by atoms with E-state index in [2.05, 4.69) is 72.2 Å². The zero-order chi connectivity index (χ0) is 48.7. The zero-order valence-corrected chi connectivity index (χ0v) is 39.7. The van der Waals surface area contributed by atoms with Gasteiger partial charge in [-0.3, -0.25) is 29.1 Å². The summed E-state index contributed by atoms with van der Waals surface area (Å²) >= 11 is 2.72. The second kappa shape index (κ2) is 21.9. The van der Waals surface area contributed by atoms with Gasteiger partial charge in [-0.1, -0.05) is 23.5 Å². The Balaban J connectivity index is 0.000000174. The number of aliphatic hydroxyl groups is 2. The molecule has 6 aromatic rings. The predicted octanol–water partition coefficient (Wildman–Crippen LogP) is 3.46. The molecule has 2 aliphatic heterocycles. The summed E-state index contributed by atoms with van der Waals surface area (Å²) in [6, 6.07) is 13.7. The van der Waals surface area contributed by atoms with Gasteiger partial charge < -0.3 is 51.6 Å². The lowest BCUT2D eigenvalue weighted by atomic mass is 9.83. The van der Waals surface area contributed by atoms with Crippen molar-refractivity contribution in [1.29, 1.82) is 0 Å². The summed E-state index contributed by atoms with van der Waals surface area (Å²) < 4.78 is 10.4. The summed E-state index contributed by atoms with van der Waals surface area (Å²) in [4.78, 5) is 66.6. The van der Waals surface area contributed by atoms with E-state index in [0.29, 0.717) is 141 Å². The number of carbonyl (C=O) groups excluding carboxylic acids is 4. The minimum Gasteiger partial charge on any atom is -0.481 e. The molecule has 6 atom stereocenters. The molecular weight excluding hydrogens is 941 g/mol. The van der Waals surface area contributed by atoms with Crippen LogP contribution in [-0.2, 0) is 32.3 Å². The van der Waals surface area contributed by atoms with Crippen LogP contribution in [0, 0.1) is 11.8 Å². The number of methoxy groups -OCH3 is 2. The van der Waals surface area contributed by atoms with E-state index < -0.39 is 12.2 Å². The van der Waals surface area contributed by atoms with Gasteiger partial charge in [-0.25, -0.2) is 9.97 Å². The van der Waals surface area contributed by atoms with Crippen molar-refractivity contribution in [2.24, 2.45) is 11.8 Å². The van der Waals surface area contributed by atoms with Gasteiger partial charge in [0.05, 0.1) is 83.1 Å². The molecule has 8 heterocycles. The van der Waals surface area contributed by atoms with Crippen molar-refractivity contribution in [2.45, 2.75) is 86.0 Å². The van der Waals surface area contributed by atoms with Gasteiger partial charge in [0.25, 0.3) is 0 Å². The van der Waals surface area contributed by atoms with Crippen LogP contribution in [0.4, 0.5) is 22.7 Å². The number of nitrogens with zero attached hydrogens (tertiary/aromatic N) is 8. The number of ether oxygens (including phenoxy) is 2. The molecule has 70 heavy (non-hydrogen) atoms. The van der Waals surface area contributed by atoms with Crippen LogP contribution in [0.3, 0.4) is 0 Å². The Kier molecular flexibility index (Phi) is 15.1. The van der Waals surface area contributed by atoms with E-state index in [9.17, 15) is 29.4 Å². The molecule has 24 heteroatoms. The number of hydrogen-bond acceptors (Lipinski definition) is 20. The van der Waals surface area contributed by atoms with Crippen LogP contribution in [0.1, 0.15) is 49.9 Å². The molecule has 10 rings (SSSR count). The molecule has 0 aromatic carbocycles. The van der Waals surface area contributed by atoms with Gasteiger partial charge in [0.1, 0.15) is 21.1 Å². The number of amides is 4. The summed E-state index contributed by atoms with van der Waals surface area (Å²) in [6.07, 6.45) is 5.07. The molecule has 0 spiro atoms. The first-order valence-corrected chi connectivity index (χ1v) is 24.6. The smallest absolute Gasteiger partial charge is 0.234 e. The van der Waals surface area contributed by atoms with Crippen molar-refractivity contribution in [3.63, 3.8) is 0 Å².